The van der Waals surface area contributed by atoms with Gasteiger partial charge in [-0.05, 0) is 38.4 Å². The molecule has 1 aromatic rings. The molecule has 0 aliphatic rings. The van der Waals surface area contributed by atoms with Crippen molar-refractivity contribution in [3.8, 4) is 11.5 Å². The van der Waals surface area contributed by atoms with Crippen LogP contribution in [0.25, 0.3) is 0 Å². The molecule has 102 valence electrons. The minimum absolute atomic E-state index is 0.560. The summed E-state index contributed by atoms with van der Waals surface area (Å²) in [5.74, 6) is 1.68. The highest BCUT2D eigenvalue weighted by Crippen LogP contribution is 2.26. The van der Waals surface area contributed by atoms with Gasteiger partial charge in [0.2, 0.25) is 0 Å². The third kappa shape index (κ3) is 5.92. The second-order valence-corrected chi connectivity index (χ2v) is 4.54. The average Bonchev–Trinajstić information content (AvgIpc) is 2.35. The fourth-order valence-electron chi connectivity index (χ4n) is 1.64. The second kappa shape index (κ2) is 8.81. The number of hydrogen-bond acceptors (Lipinski definition) is 3. The molecule has 0 fully saturated rings. The van der Waals surface area contributed by atoms with Gasteiger partial charge in [-0.25, -0.2) is 0 Å². The van der Waals surface area contributed by atoms with Gasteiger partial charge in [0.25, 0.3) is 0 Å². The maximum atomic E-state index is 5.74. The molecule has 0 unspecified atom stereocenters. The van der Waals surface area contributed by atoms with Gasteiger partial charge < -0.3 is 14.8 Å². The van der Waals surface area contributed by atoms with Gasteiger partial charge in [-0.2, -0.15) is 0 Å². The number of rotatable bonds is 9. The van der Waals surface area contributed by atoms with Crippen molar-refractivity contribution in [2.24, 2.45) is 0 Å². The van der Waals surface area contributed by atoms with Crippen LogP contribution in [0.1, 0.15) is 33.6 Å². The summed E-state index contributed by atoms with van der Waals surface area (Å²) in [6, 6.07) is 8.39. The van der Waals surface area contributed by atoms with Crippen LogP contribution < -0.4 is 14.8 Å². The van der Waals surface area contributed by atoms with Crippen LogP contribution in [0.2, 0.25) is 0 Å². The number of benzene rings is 1. The first-order valence-electron chi connectivity index (χ1n) is 6.82. The van der Waals surface area contributed by atoms with Crippen LogP contribution in [0.4, 0.5) is 0 Å². The molecular formula is C15H25NO2. The SMILES string of the molecule is CCOc1ccccc1OCCCCNC(C)C. The van der Waals surface area contributed by atoms with Crippen LogP contribution in [-0.4, -0.2) is 25.8 Å². The summed E-state index contributed by atoms with van der Waals surface area (Å²) < 4.78 is 11.3. The van der Waals surface area contributed by atoms with E-state index in [1.54, 1.807) is 0 Å². The van der Waals surface area contributed by atoms with E-state index in [-0.39, 0.29) is 0 Å². The normalized spacial score (nSPS) is 10.7. The molecule has 0 atom stereocenters. The highest BCUT2D eigenvalue weighted by atomic mass is 16.5. The smallest absolute Gasteiger partial charge is 0.161 e. The number of ether oxygens (including phenoxy) is 2. The highest BCUT2D eigenvalue weighted by Gasteiger charge is 2.02. The van der Waals surface area contributed by atoms with Crippen molar-refractivity contribution in [3.63, 3.8) is 0 Å². The van der Waals surface area contributed by atoms with Crippen LogP contribution in [0.5, 0.6) is 11.5 Å². The molecule has 1 N–H and O–H groups in total. The monoisotopic (exact) mass is 251 g/mol. The van der Waals surface area contributed by atoms with Gasteiger partial charge in [0.15, 0.2) is 11.5 Å². The maximum Gasteiger partial charge on any atom is 0.161 e. The molecule has 0 aliphatic carbocycles. The molecule has 0 aliphatic heterocycles. The number of unbranched alkanes of at least 4 members (excludes halogenated alkanes) is 1. The summed E-state index contributed by atoms with van der Waals surface area (Å²) >= 11 is 0. The summed E-state index contributed by atoms with van der Waals surface area (Å²) in [5.41, 5.74) is 0. The maximum absolute atomic E-state index is 5.74. The van der Waals surface area contributed by atoms with Gasteiger partial charge in [0.1, 0.15) is 0 Å². The molecule has 18 heavy (non-hydrogen) atoms. The van der Waals surface area contributed by atoms with Gasteiger partial charge in [-0.1, -0.05) is 26.0 Å². The summed E-state index contributed by atoms with van der Waals surface area (Å²) in [7, 11) is 0. The van der Waals surface area contributed by atoms with Crippen molar-refractivity contribution < 1.29 is 9.47 Å². The van der Waals surface area contributed by atoms with Gasteiger partial charge in [0, 0.05) is 6.04 Å². The molecule has 1 aromatic carbocycles. The van der Waals surface area contributed by atoms with Crippen molar-refractivity contribution in [1.82, 2.24) is 5.32 Å². The van der Waals surface area contributed by atoms with Crippen LogP contribution in [0, 0.1) is 0 Å². The van der Waals surface area contributed by atoms with E-state index in [2.05, 4.69) is 19.2 Å². The van der Waals surface area contributed by atoms with E-state index < -0.39 is 0 Å². The Morgan fingerprint density at radius 2 is 1.72 bits per heavy atom. The summed E-state index contributed by atoms with van der Waals surface area (Å²) in [6.45, 7) is 8.76. The van der Waals surface area contributed by atoms with Crippen molar-refractivity contribution >= 4 is 0 Å². The van der Waals surface area contributed by atoms with Crippen LogP contribution >= 0.6 is 0 Å². The summed E-state index contributed by atoms with van der Waals surface area (Å²) in [6.07, 6.45) is 2.19. The Hall–Kier alpha value is -1.22. The Morgan fingerprint density at radius 3 is 2.33 bits per heavy atom. The largest absolute Gasteiger partial charge is 0.490 e. The molecule has 3 heteroatoms. The third-order valence-corrected chi connectivity index (χ3v) is 2.53. The lowest BCUT2D eigenvalue weighted by atomic mass is 10.3. The number of hydrogen-bond donors (Lipinski definition) is 1. The Labute approximate surface area is 110 Å². The van der Waals surface area contributed by atoms with Crippen LogP contribution in [-0.2, 0) is 0 Å². The van der Waals surface area contributed by atoms with E-state index in [9.17, 15) is 0 Å². The molecular weight excluding hydrogens is 226 g/mol. The molecule has 0 heterocycles. The zero-order valence-corrected chi connectivity index (χ0v) is 11.7. The van der Waals surface area contributed by atoms with E-state index in [1.165, 1.54) is 0 Å². The first-order chi connectivity index (χ1) is 8.74. The van der Waals surface area contributed by atoms with E-state index >= 15 is 0 Å². The molecule has 1 rings (SSSR count). The zero-order valence-electron chi connectivity index (χ0n) is 11.7. The predicted octanol–water partition coefficient (Wildman–Crippen LogP) is 3.24. The van der Waals surface area contributed by atoms with Gasteiger partial charge in [0.05, 0.1) is 13.2 Å². The molecule has 0 saturated carbocycles. The van der Waals surface area contributed by atoms with E-state index in [0.29, 0.717) is 12.6 Å². The molecule has 0 aromatic heterocycles. The van der Waals surface area contributed by atoms with Gasteiger partial charge in [-0.3, -0.25) is 0 Å². The molecule has 0 spiro atoms. The number of para-hydroxylation sites is 2. The standard InChI is InChI=1S/C15H25NO2/c1-4-17-14-9-5-6-10-15(14)18-12-8-7-11-16-13(2)3/h5-6,9-10,13,16H,4,7-8,11-12H2,1-3H3. The lowest BCUT2D eigenvalue weighted by Gasteiger charge is -2.12. The topological polar surface area (TPSA) is 30.5 Å². The molecule has 0 radical (unpaired) electrons. The van der Waals surface area contributed by atoms with Crippen molar-refractivity contribution in [2.45, 2.75) is 39.7 Å². The Balaban J connectivity index is 2.22. The lowest BCUT2D eigenvalue weighted by molar-refractivity contribution is 0.270. The predicted molar refractivity (Wildman–Crippen MR) is 75.5 cm³/mol. The Kier molecular flexibility index (Phi) is 7.26. The summed E-state index contributed by atoms with van der Waals surface area (Å²) in [5, 5.41) is 3.40. The lowest BCUT2D eigenvalue weighted by Crippen LogP contribution is -2.23. The highest BCUT2D eigenvalue weighted by molar-refractivity contribution is 5.39. The van der Waals surface area contributed by atoms with E-state index in [4.69, 9.17) is 9.47 Å². The van der Waals surface area contributed by atoms with E-state index in [0.717, 1.165) is 37.5 Å². The Morgan fingerprint density at radius 1 is 1.06 bits per heavy atom. The first-order valence-corrected chi connectivity index (χ1v) is 6.82. The van der Waals surface area contributed by atoms with E-state index in [1.807, 2.05) is 31.2 Å². The second-order valence-electron chi connectivity index (χ2n) is 4.54. The van der Waals surface area contributed by atoms with Gasteiger partial charge >= 0.3 is 0 Å². The first kappa shape index (κ1) is 14.8. The fraction of sp³-hybridized carbons (Fsp3) is 0.600. The quantitative estimate of drug-likeness (QED) is 0.683. The van der Waals surface area contributed by atoms with Gasteiger partial charge in [-0.15, -0.1) is 0 Å². The molecule has 0 bridgehead atoms. The van der Waals surface area contributed by atoms with Crippen molar-refractivity contribution in [2.75, 3.05) is 19.8 Å². The van der Waals surface area contributed by atoms with Crippen molar-refractivity contribution in [1.29, 1.82) is 0 Å². The molecule has 0 saturated heterocycles. The molecule has 0 amide bonds. The van der Waals surface area contributed by atoms with Crippen LogP contribution in [0.3, 0.4) is 0 Å². The average molecular weight is 251 g/mol. The molecule has 3 nitrogen and oxygen atoms in total. The minimum Gasteiger partial charge on any atom is -0.490 e. The summed E-state index contributed by atoms with van der Waals surface area (Å²) in [4.78, 5) is 0. The fourth-order valence-corrected chi connectivity index (χ4v) is 1.64. The Bertz CT molecular complexity index is 326. The van der Waals surface area contributed by atoms with Crippen molar-refractivity contribution in [3.05, 3.63) is 24.3 Å². The van der Waals surface area contributed by atoms with Crippen LogP contribution in [0.15, 0.2) is 24.3 Å². The number of nitrogens with one attached hydrogen (secondary N) is 1. The third-order valence-electron chi connectivity index (χ3n) is 2.53. The zero-order chi connectivity index (χ0) is 13.2. The minimum atomic E-state index is 0.560.